The first-order chi connectivity index (χ1) is 9.51. The molecule has 0 spiro atoms. The number of aromatic nitrogens is 1. The molecule has 0 radical (unpaired) electrons. The van der Waals surface area contributed by atoms with Crippen LogP contribution in [0.15, 0.2) is 28.9 Å². The van der Waals surface area contributed by atoms with Crippen LogP contribution in [0.3, 0.4) is 0 Å². The van der Waals surface area contributed by atoms with E-state index in [2.05, 4.69) is 26.2 Å². The van der Waals surface area contributed by atoms with Gasteiger partial charge in [-0.25, -0.2) is 9.37 Å². The molecule has 0 saturated carbocycles. The molecule has 0 aliphatic rings. The first-order valence-corrected chi connectivity index (χ1v) is 7.17. The highest BCUT2D eigenvalue weighted by Gasteiger charge is 2.12. The van der Waals surface area contributed by atoms with Crippen molar-refractivity contribution in [2.75, 3.05) is 7.05 Å². The molecule has 0 atom stereocenters. The van der Waals surface area contributed by atoms with E-state index in [-0.39, 0.29) is 16.7 Å². The highest BCUT2D eigenvalue weighted by atomic mass is 79.9. The molecule has 2 rings (SSSR count). The number of hydrogen-bond acceptors (Lipinski definition) is 3. The first kappa shape index (κ1) is 15.5. The minimum atomic E-state index is -0.576. The number of hydrogen-bond donors (Lipinski definition) is 1. The van der Waals surface area contributed by atoms with Gasteiger partial charge in [0.1, 0.15) is 16.6 Å². The molecule has 0 bridgehead atoms. The predicted molar refractivity (Wildman–Crippen MR) is 81.2 cm³/mol. The summed E-state index contributed by atoms with van der Waals surface area (Å²) in [6.07, 6.45) is 1.64. The summed E-state index contributed by atoms with van der Waals surface area (Å²) in [6, 6.07) is 4.32. The lowest BCUT2D eigenvalue weighted by atomic mass is 10.3. The Morgan fingerprint density at radius 1 is 1.30 bits per heavy atom. The van der Waals surface area contributed by atoms with Gasteiger partial charge in [0.15, 0.2) is 0 Å². The zero-order chi connectivity index (χ0) is 14.7. The van der Waals surface area contributed by atoms with Crippen LogP contribution in [-0.4, -0.2) is 12.0 Å². The maximum Gasteiger partial charge on any atom is 0.238 e. The Hall–Kier alpha value is -0.880. The Bertz CT molecular complexity index is 640. The number of halogens is 4. The van der Waals surface area contributed by atoms with Crippen molar-refractivity contribution in [2.45, 2.75) is 6.54 Å². The first-order valence-electron chi connectivity index (χ1n) is 5.62. The molecule has 1 aromatic carbocycles. The molecule has 1 aromatic heterocycles. The molecule has 0 saturated heterocycles. The number of nitrogens with one attached hydrogen (secondary N) is 1. The van der Waals surface area contributed by atoms with Gasteiger partial charge in [-0.1, -0.05) is 23.2 Å². The van der Waals surface area contributed by atoms with E-state index in [1.807, 2.05) is 7.05 Å². The lowest BCUT2D eigenvalue weighted by Gasteiger charge is -2.10. The van der Waals surface area contributed by atoms with Gasteiger partial charge in [0.2, 0.25) is 5.88 Å². The molecule has 106 valence electrons. The van der Waals surface area contributed by atoms with Gasteiger partial charge in [-0.2, -0.15) is 0 Å². The summed E-state index contributed by atoms with van der Waals surface area (Å²) in [6.45, 7) is 0.645. The second kappa shape index (κ2) is 6.72. The largest absolute Gasteiger partial charge is 0.436 e. The molecule has 20 heavy (non-hydrogen) atoms. The average molecular weight is 380 g/mol. The average Bonchev–Trinajstić information content (AvgIpc) is 2.39. The van der Waals surface area contributed by atoms with Crippen molar-refractivity contribution < 1.29 is 9.13 Å². The lowest BCUT2D eigenvalue weighted by molar-refractivity contribution is 0.455. The van der Waals surface area contributed by atoms with E-state index in [1.54, 1.807) is 12.3 Å². The zero-order valence-corrected chi connectivity index (χ0v) is 13.5. The van der Waals surface area contributed by atoms with Crippen LogP contribution < -0.4 is 10.1 Å². The molecule has 0 unspecified atom stereocenters. The van der Waals surface area contributed by atoms with Crippen LogP contribution in [0.25, 0.3) is 0 Å². The van der Waals surface area contributed by atoms with Gasteiger partial charge in [-0.3, -0.25) is 0 Å². The molecule has 1 N–H and O–H groups in total. The Morgan fingerprint density at radius 3 is 2.70 bits per heavy atom. The van der Waals surface area contributed by atoms with Gasteiger partial charge < -0.3 is 10.1 Å². The third-order valence-corrected chi connectivity index (χ3v) is 3.61. The van der Waals surface area contributed by atoms with Crippen molar-refractivity contribution in [3.05, 3.63) is 50.3 Å². The summed E-state index contributed by atoms with van der Waals surface area (Å²) in [4.78, 5) is 4.11. The minimum Gasteiger partial charge on any atom is -0.436 e. The van der Waals surface area contributed by atoms with E-state index in [1.165, 1.54) is 12.1 Å². The fourth-order valence-electron chi connectivity index (χ4n) is 1.53. The number of rotatable bonds is 4. The minimum absolute atomic E-state index is 0.00708. The summed E-state index contributed by atoms with van der Waals surface area (Å²) < 4.78 is 19.4. The number of ether oxygens (including phenoxy) is 1. The van der Waals surface area contributed by atoms with Crippen molar-refractivity contribution in [3.8, 4) is 11.6 Å². The van der Waals surface area contributed by atoms with E-state index in [0.717, 1.165) is 5.56 Å². The van der Waals surface area contributed by atoms with E-state index in [0.29, 0.717) is 16.0 Å². The second-order valence-electron chi connectivity index (χ2n) is 3.96. The Morgan fingerprint density at radius 2 is 2.05 bits per heavy atom. The monoisotopic (exact) mass is 378 g/mol. The smallest absolute Gasteiger partial charge is 0.238 e. The molecule has 3 nitrogen and oxygen atoms in total. The van der Waals surface area contributed by atoms with Crippen LogP contribution in [0.1, 0.15) is 5.56 Å². The van der Waals surface area contributed by atoms with Crippen molar-refractivity contribution >= 4 is 39.1 Å². The SMILES string of the molecule is CNCc1cnc(Oc2cc(F)c(Cl)cc2Br)c(Cl)c1. The topological polar surface area (TPSA) is 34.2 Å². The van der Waals surface area contributed by atoms with Crippen molar-refractivity contribution in [1.82, 2.24) is 10.3 Å². The van der Waals surface area contributed by atoms with Crippen molar-refractivity contribution in [1.29, 1.82) is 0 Å². The third kappa shape index (κ3) is 3.61. The van der Waals surface area contributed by atoms with Crippen LogP contribution in [0.5, 0.6) is 11.6 Å². The maximum absolute atomic E-state index is 13.4. The summed E-state index contributed by atoms with van der Waals surface area (Å²) >= 11 is 15.0. The summed E-state index contributed by atoms with van der Waals surface area (Å²) in [7, 11) is 1.83. The quantitative estimate of drug-likeness (QED) is 0.774. The summed E-state index contributed by atoms with van der Waals surface area (Å²) in [5, 5.41) is 3.35. The van der Waals surface area contributed by atoms with Crippen molar-refractivity contribution in [3.63, 3.8) is 0 Å². The van der Waals surface area contributed by atoms with Crippen LogP contribution in [0, 0.1) is 5.82 Å². The van der Waals surface area contributed by atoms with Crippen LogP contribution in [0.4, 0.5) is 4.39 Å². The predicted octanol–water partition coefficient (Wildman–Crippen LogP) is 4.80. The number of pyridine rings is 1. The van der Waals surface area contributed by atoms with Gasteiger partial charge in [0, 0.05) is 18.8 Å². The van der Waals surface area contributed by atoms with E-state index >= 15 is 0 Å². The molecule has 0 aliphatic heterocycles. The number of nitrogens with zero attached hydrogens (tertiary/aromatic N) is 1. The van der Waals surface area contributed by atoms with Gasteiger partial charge in [-0.05, 0) is 40.7 Å². The Kier molecular flexibility index (Phi) is 5.21. The van der Waals surface area contributed by atoms with Crippen molar-refractivity contribution in [2.24, 2.45) is 0 Å². The van der Waals surface area contributed by atoms with Gasteiger partial charge in [0.25, 0.3) is 0 Å². The molecule has 2 aromatic rings. The highest BCUT2D eigenvalue weighted by Crippen LogP contribution is 2.35. The van der Waals surface area contributed by atoms with Gasteiger partial charge in [0.05, 0.1) is 9.50 Å². The second-order valence-corrected chi connectivity index (χ2v) is 5.63. The van der Waals surface area contributed by atoms with Gasteiger partial charge in [-0.15, -0.1) is 0 Å². The summed E-state index contributed by atoms with van der Waals surface area (Å²) in [5.41, 5.74) is 0.922. The molecular formula is C13H10BrCl2FN2O. The van der Waals surface area contributed by atoms with E-state index in [9.17, 15) is 4.39 Å². The van der Waals surface area contributed by atoms with Crippen LogP contribution in [0.2, 0.25) is 10.0 Å². The van der Waals surface area contributed by atoms with E-state index in [4.69, 9.17) is 27.9 Å². The molecule has 0 aliphatic carbocycles. The molecule has 0 amide bonds. The molecule has 0 fully saturated rings. The molecule has 1 heterocycles. The fraction of sp³-hybridized carbons (Fsp3) is 0.154. The Labute approximate surface area is 134 Å². The Balaban J connectivity index is 2.28. The normalized spacial score (nSPS) is 10.7. The van der Waals surface area contributed by atoms with Crippen LogP contribution >= 0.6 is 39.1 Å². The zero-order valence-electron chi connectivity index (χ0n) is 10.4. The molecular weight excluding hydrogens is 370 g/mol. The highest BCUT2D eigenvalue weighted by molar-refractivity contribution is 9.10. The third-order valence-electron chi connectivity index (χ3n) is 2.43. The maximum atomic E-state index is 13.4. The molecule has 7 heteroatoms. The number of benzene rings is 1. The van der Waals surface area contributed by atoms with E-state index < -0.39 is 5.82 Å². The van der Waals surface area contributed by atoms with Crippen LogP contribution in [-0.2, 0) is 6.54 Å². The standard InChI is InChI=1S/C13H10BrCl2FN2O/c1-18-5-7-2-10(16)13(19-6-7)20-12-4-11(17)9(15)3-8(12)14/h2-4,6,18H,5H2,1H3. The summed E-state index contributed by atoms with van der Waals surface area (Å²) in [5.74, 6) is -0.121. The lowest BCUT2D eigenvalue weighted by Crippen LogP contribution is -2.05. The fourth-order valence-corrected chi connectivity index (χ4v) is 2.47. The van der Waals surface area contributed by atoms with Gasteiger partial charge >= 0.3 is 0 Å².